The van der Waals surface area contributed by atoms with Crippen LogP contribution < -0.4 is 10.5 Å². The van der Waals surface area contributed by atoms with Crippen LogP contribution in [0.25, 0.3) is 0 Å². The van der Waals surface area contributed by atoms with Gasteiger partial charge in [-0.05, 0) is 18.6 Å². The van der Waals surface area contributed by atoms with Crippen molar-refractivity contribution in [2.24, 2.45) is 5.73 Å². The normalized spacial score (nSPS) is 12.1. The monoisotopic (exact) mass is 322 g/mol. The molecule has 0 bridgehead atoms. The van der Waals surface area contributed by atoms with Crippen LogP contribution in [0.15, 0.2) is 18.2 Å². The molecule has 0 fully saturated rings. The Bertz CT molecular complexity index is 708. The van der Waals surface area contributed by atoms with Crippen LogP contribution in [0.3, 0.4) is 0 Å². The summed E-state index contributed by atoms with van der Waals surface area (Å²) in [6, 6.07) is 4.77. The molecular formula is C10H14N2O4S3. The molecule has 0 amide bonds. The summed E-state index contributed by atoms with van der Waals surface area (Å²) in [6.07, 6.45) is 0.852. The van der Waals surface area contributed by atoms with E-state index >= 15 is 0 Å². The third-order valence-corrected chi connectivity index (χ3v) is 5.88. The average molecular weight is 322 g/mol. The lowest BCUT2D eigenvalue weighted by molar-refractivity contribution is 0.595. The van der Waals surface area contributed by atoms with E-state index in [9.17, 15) is 16.8 Å². The molecule has 0 atom stereocenters. The van der Waals surface area contributed by atoms with Crippen molar-refractivity contribution < 1.29 is 16.8 Å². The Morgan fingerprint density at radius 1 is 1.32 bits per heavy atom. The molecule has 0 heterocycles. The molecule has 0 unspecified atom stereocenters. The van der Waals surface area contributed by atoms with Gasteiger partial charge in [0.05, 0.1) is 5.69 Å². The van der Waals surface area contributed by atoms with Gasteiger partial charge in [0.15, 0.2) is 14.9 Å². The van der Waals surface area contributed by atoms with Crippen molar-refractivity contribution in [2.45, 2.75) is 6.92 Å². The molecule has 0 aliphatic rings. The summed E-state index contributed by atoms with van der Waals surface area (Å²) in [5.74, 6) is 0. The van der Waals surface area contributed by atoms with E-state index in [-0.39, 0.29) is 10.7 Å². The van der Waals surface area contributed by atoms with Gasteiger partial charge in [-0.1, -0.05) is 24.4 Å². The summed E-state index contributed by atoms with van der Waals surface area (Å²) < 4.78 is 47.7. The predicted octanol–water partition coefficient (Wildman–Crippen LogP) is 0.373. The predicted molar refractivity (Wildman–Crippen MR) is 79.3 cm³/mol. The van der Waals surface area contributed by atoms with Gasteiger partial charge in [0.1, 0.15) is 4.99 Å². The van der Waals surface area contributed by atoms with E-state index in [2.05, 4.69) is 4.72 Å². The van der Waals surface area contributed by atoms with Crippen molar-refractivity contribution in [2.75, 3.05) is 16.1 Å². The summed E-state index contributed by atoms with van der Waals surface area (Å²) in [6.45, 7) is 1.68. The molecule has 106 valence electrons. The first-order chi connectivity index (χ1) is 8.50. The molecule has 0 aliphatic carbocycles. The Hall–Kier alpha value is -1.19. The fourth-order valence-electron chi connectivity index (χ4n) is 1.36. The molecule has 0 radical (unpaired) electrons. The molecule has 0 saturated carbocycles. The molecule has 0 spiro atoms. The zero-order valence-corrected chi connectivity index (χ0v) is 12.8. The number of nitrogens with one attached hydrogen (secondary N) is 1. The van der Waals surface area contributed by atoms with E-state index < -0.39 is 24.9 Å². The van der Waals surface area contributed by atoms with Crippen LogP contribution in [0, 0.1) is 6.92 Å². The highest BCUT2D eigenvalue weighted by atomic mass is 32.3. The van der Waals surface area contributed by atoms with Gasteiger partial charge in [-0.15, -0.1) is 0 Å². The summed E-state index contributed by atoms with van der Waals surface area (Å²) >= 11 is 4.80. The Balaban J connectivity index is 3.12. The van der Waals surface area contributed by atoms with Crippen LogP contribution in [0.2, 0.25) is 0 Å². The minimum Gasteiger partial charge on any atom is -0.389 e. The number of aryl methyl sites for hydroxylation is 1. The number of hydrogen-bond acceptors (Lipinski definition) is 5. The van der Waals surface area contributed by atoms with Crippen molar-refractivity contribution >= 4 is 42.8 Å². The van der Waals surface area contributed by atoms with Gasteiger partial charge in [0.2, 0.25) is 10.0 Å². The summed E-state index contributed by atoms with van der Waals surface area (Å²) in [4.78, 5) is 0.128. The second-order valence-electron chi connectivity index (χ2n) is 4.15. The molecule has 0 aliphatic heterocycles. The fraction of sp³-hybridized carbons (Fsp3) is 0.300. The maximum Gasteiger partial charge on any atom is 0.247 e. The lowest BCUT2D eigenvalue weighted by atomic mass is 10.1. The lowest BCUT2D eigenvalue weighted by Crippen LogP contribution is -2.23. The minimum atomic E-state index is -3.98. The topological polar surface area (TPSA) is 106 Å². The van der Waals surface area contributed by atoms with Crippen molar-refractivity contribution in [1.82, 2.24) is 0 Å². The quantitative estimate of drug-likeness (QED) is 0.759. The van der Waals surface area contributed by atoms with Gasteiger partial charge in [-0.2, -0.15) is 0 Å². The van der Waals surface area contributed by atoms with E-state index in [0.717, 1.165) is 6.26 Å². The van der Waals surface area contributed by atoms with Crippen LogP contribution in [0.4, 0.5) is 5.69 Å². The van der Waals surface area contributed by atoms with Gasteiger partial charge in [-0.3, -0.25) is 4.72 Å². The van der Waals surface area contributed by atoms with E-state index in [4.69, 9.17) is 18.0 Å². The Morgan fingerprint density at radius 3 is 2.37 bits per heavy atom. The Morgan fingerprint density at radius 2 is 1.89 bits per heavy atom. The molecule has 19 heavy (non-hydrogen) atoms. The molecular weight excluding hydrogens is 308 g/mol. The number of sulfonamides is 1. The number of benzene rings is 1. The third kappa shape index (κ3) is 5.13. The standard InChI is InChI=1S/C10H14N2O4S3/c1-7-3-4-8(10(11)17)5-9(7)12-19(15,16)6-18(2,13)14/h3-5,12H,6H2,1-2H3,(H2,11,17). The maximum absolute atomic E-state index is 11.7. The molecule has 6 nitrogen and oxygen atoms in total. The number of nitrogens with two attached hydrogens (primary N) is 1. The van der Waals surface area contributed by atoms with Crippen LogP contribution in [-0.2, 0) is 19.9 Å². The van der Waals surface area contributed by atoms with Gasteiger partial charge < -0.3 is 5.73 Å². The van der Waals surface area contributed by atoms with E-state index in [1.807, 2.05) is 0 Å². The van der Waals surface area contributed by atoms with Crippen molar-refractivity contribution in [3.63, 3.8) is 0 Å². The van der Waals surface area contributed by atoms with Gasteiger partial charge in [-0.25, -0.2) is 16.8 Å². The maximum atomic E-state index is 11.7. The first-order valence-electron chi connectivity index (χ1n) is 5.09. The van der Waals surface area contributed by atoms with E-state index in [1.54, 1.807) is 19.1 Å². The molecule has 3 N–H and O–H groups in total. The van der Waals surface area contributed by atoms with Crippen molar-refractivity contribution in [3.05, 3.63) is 29.3 Å². The van der Waals surface area contributed by atoms with E-state index in [0.29, 0.717) is 11.1 Å². The summed E-state index contributed by atoms with van der Waals surface area (Å²) in [5.41, 5.74) is 6.85. The van der Waals surface area contributed by atoms with Crippen molar-refractivity contribution in [3.8, 4) is 0 Å². The lowest BCUT2D eigenvalue weighted by Gasteiger charge is -2.11. The summed E-state index contributed by atoms with van der Waals surface area (Å²) in [7, 11) is -7.62. The molecule has 9 heteroatoms. The molecule has 1 rings (SSSR count). The minimum absolute atomic E-state index is 0.128. The zero-order valence-electron chi connectivity index (χ0n) is 10.4. The van der Waals surface area contributed by atoms with Crippen LogP contribution >= 0.6 is 12.2 Å². The van der Waals surface area contributed by atoms with Gasteiger partial charge in [0, 0.05) is 11.8 Å². The summed E-state index contributed by atoms with van der Waals surface area (Å²) in [5, 5.41) is -0.975. The fourth-order valence-corrected chi connectivity index (χ4v) is 4.54. The largest absolute Gasteiger partial charge is 0.389 e. The first-order valence-corrected chi connectivity index (χ1v) is 9.21. The molecule has 0 aromatic heterocycles. The third-order valence-electron chi connectivity index (χ3n) is 2.16. The number of anilines is 1. The second-order valence-corrected chi connectivity index (χ2v) is 8.82. The highest BCUT2D eigenvalue weighted by Crippen LogP contribution is 2.18. The van der Waals surface area contributed by atoms with Crippen LogP contribution in [0.1, 0.15) is 11.1 Å². The van der Waals surface area contributed by atoms with Crippen LogP contribution in [-0.4, -0.2) is 33.2 Å². The molecule has 1 aromatic rings. The smallest absolute Gasteiger partial charge is 0.247 e. The number of sulfone groups is 1. The number of hydrogen-bond donors (Lipinski definition) is 2. The van der Waals surface area contributed by atoms with Crippen molar-refractivity contribution in [1.29, 1.82) is 0 Å². The van der Waals surface area contributed by atoms with E-state index in [1.165, 1.54) is 6.07 Å². The molecule has 1 aromatic carbocycles. The second kappa shape index (κ2) is 5.43. The van der Waals surface area contributed by atoms with Crippen LogP contribution in [0.5, 0.6) is 0 Å². The van der Waals surface area contributed by atoms with Gasteiger partial charge in [0.25, 0.3) is 0 Å². The zero-order chi connectivity index (χ0) is 14.8. The Labute approximate surface area is 118 Å². The molecule has 0 saturated heterocycles. The first kappa shape index (κ1) is 15.9. The van der Waals surface area contributed by atoms with Gasteiger partial charge >= 0.3 is 0 Å². The highest BCUT2D eigenvalue weighted by Gasteiger charge is 2.19. The Kier molecular flexibility index (Phi) is 4.54. The highest BCUT2D eigenvalue weighted by molar-refractivity contribution is 8.08. The SMILES string of the molecule is Cc1ccc(C(N)=S)cc1NS(=O)(=O)CS(C)(=O)=O. The average Bonchev–Trinajstić information content (AvgIpc) is 2.16. The number of thiocarbonyl (C=S) groups is 1. The number of rotatable bonds is 5.